The molecule has 0 unspecified atom stereocenters. The van der Waals surface area contributed by atoms with Crippen molar-refractivity contribution in [3.05, 3.63) is 52.0 Å². The number of nitrogens with zero attached hydrogens (tertiary/aromatic N) is 1. The van der Waals surface area contributed by atoms with Gasteiger partial charge in [-0.15, -0.1) is 11.3 Å². The Kier molecular flexibility index (Phi) is 6.18. The van der Waals surface area contributed by atoms with Crippen molar-refractivity contribution >= 4 is 11.3 Å². The molecule has 1 N–H and O–H groups in total. The lowest BCUT2D eigenvalue weighted by Crippen LogP contribution is -2.21. The number of hydrogen-bond acceptors (Lipinski definition) is 4. The molecule has 0 radical (unpaired) electrons. The van der Waals surface area contributed by atoms with Crippen LogP contribution < -0.4 is 5.32 Å². The van der Waals surface area contributed by atoms with E-state index in [-0.39, 0.29) is 0 Å². The van der Waals surface area contributed by atoms with Crippen molar-refractivity contribution < 1.29 is 4.74 Å². The molecule has 0 aromatic carbocycles. The van der Waals surface area contributed by atoms with Gasteiger partial charge in [0.25, 0.3) is 0 Å². The molecule has 0 amide bonds. The summed E-state index contributed by atoms with van der Waals surface area (Å²) in [5, 5.41) is 3.43. The predicted octanol–water partition coefficient (Wildman–Crippen LogP) is 3.40. The second-order valence-electron chi connectivity index (χ2n) is 5.03. The van der Waals surface area contributed by atoms with Crippen LogP contribution in [0, 0.1) is 0 Å². The summed E-state index contributed by atoms with van der Waals surface area (Å²) in [6.07, 6.45) is 2.69. The molecule has 0 aliphatic heterocycles. The molecule has 0 bridgehead atoms. The number of ether oxygens (including phenoxy) is 1. The second-order valence-corrected chi connectivity index (χ2v) is 6.28. The van der Waals surface area contributed by atoms with Crippen LogP contribution in [0.2, 0.25) is 0 Å². The average molecular weight is 290 g/mol. The molecule has 2 heterocycles. The summed E-state index contributed by atoms with van der Waals surface area (Å²) >= 11 is 1.82. The lowest BCUT2D eigenvalue weighted by atomic mass is 10.3. The van der Waals surface area contributed by atoms with E-state index >= 15 is 0 Å². The number of pyridine rings is 1. The van der Waals surface area contributed by atoms with E-state index in [1.807, 2.05) is 35.7 Å². The summed E-state index contributed by atoms with van der Waals surface area (Å²) in [6.45, 7) is 6.68. The molecule has 4 heteroatoms. The van der Waals surface area contributed by atoms with E-state index in [9.17, 15) is 0 Å². The van der Waals surface area contributed by atoms with Crippen LogP contribution in [0.5, 0.6) is 0 Å². The largest absolute Gasteiger partial charge is 0.376 e. The van der Waals surface area contributed by atoms with E-state index in [0.29, 0.717) is 19.3 Å². The highest BCUT2D eigenvalue weighted by Gasteiger charge is 2.02. The van der Waals surface area contributed by atoms with Crippen molar-refractivity contribution in [2.45, 2.75) is 39.5 Å². The molecular weight excluding hydrogens is 268 g/mol. The van der Waals surface area contributed by atoms with Crippen molar-refractivity contribution in [1.82, 2.24) is 10.3 Å². The fourth-order valence-electron chi connectivity index (χ4n) is 1.80. The van der Waals surface area contributed by atoms with Crippen LogP contribution in [-0.2, 0) is 24.3 Å². The zero-order chi connectivity index (χ0) is 14.2. The Morgan fingerprint density at radius 3 is 2.80 bits per heavy atom. The maximum Gasteiger partial charge on any atom is 0.0809 e. The highest BCUT2D eigenvalue weighted by Crippen LogP contribution is 2.17. The fraction of sp³-hybridized carbons (Fsp3) is 0.438. The van der Waals surface area contributed by atoms with Gasteiger partial charge in [0.2, 0.25) is 0 Å². The van der Waals surface area contributed by atoms with E-state index in [1.54, 1.807) is 0 Å². The van der Waals surface area contributed by atoms with Gasteiger partial charge in [-0.05, 0) is 24.3 Å². The van der Waals surface area contributed by atoms with Crippen molar-refractivity contribution in [2.75, 3.05) is 6.61 Å². The van der Waals surface area contributed by atoms with Gasteiger partial charge < -0.3 is 10.1 Å². The van der Waals surface area contributed by atoms with E-state index < -0.39 is 0 Å². The van der Waals surface area contributed by atoms with E-state index in [2.05, 4.69) is 36.3 Å². The zero-order valence-electron chi connectivity index (χ0n) is 12.1. The molecule has 0 saturated heterocycles. The third-order valence-electron chi connectivity index (χ3n) is 2.87. The molecule has 3 nitrogen and oxygen atoms in total. The number of rotatable bonds is 8. The third kappa shape index (κ3) is 5.41. The van der Waals surface area contributed by atoms with Crippen molar-refractivity contribution in [3.8, 4) is 0 Å². The Morgan fingerprint density at radius 1 is 1.20 bits per heavy atom. The molecule has 0 aliphatic carbocycles. The molecule has 0 aliphatic rings. The van der Waals surface area contributed by atoms with E-state index in [0.717, 1.165) is 18.7 Å². The standard InChI is InChI=1S/C16H22N2OS/c1-13(2)18-11-15-6-7-16(20-15)12-19-10-8-14-5-3-4-9-17-14/h3-7,9,13,18H,8,10-12H2,1-2H3. The molecule has 0 fully saturated rings. The number of thiophene rings is 1. The van der Waals surface area contributed by atoms with Crippen molar-refractivity contribution in [2.24, 2.45) is 0 Å². The molecule has 2 aromatic heterocycles. The molecular formula is C16H22N2OS. The van der Waals surface area contributed by atoms with Crippen LogP contribution >= 0.6 is 11.3 Å². The lowest BCUT2D eigenvalue weighted by molar-refractivity contribution is 0.125. The smallest absolute Gasteiger partial charge is 0.0809 e. The Labute approximate surface area is 125 Å². The second kappa shape index (κ2) is 8.15. The maximum atomic E-state index is 5.71. The average Bonchev–Trinajstić information content (AvgIpc) is 2.90. The number of nitrogens with one attached hydrogen (secondary N) is 1. The summed E-state index contributed by atoms with van der Waals surface area (Å²) in [6, 6.07) is 10.8. The van der Waals surface area contributed by atoms with Gasteiger partial charge >= 0.3 is 0 Å². The van der Waals surface area contributed by atoms with Gasteiger partial charge in [0.05, 0.1) is 13.2 Å². The van der Waals surface area contributed by atoms with Gasteiger partial charge in [-0.3, -0.25) is 4.98 Å². The van der Waals surface area contributed by atoms with Crippen molar-refractivity contribution in [1.29, 1.82) is 0 Å². The van der Waals surface area contributed by atoms with E-state index in [1.165, 1.54) is 9.75 Å². The first-order valence-electron chi connectivity index (χ1n) is 7.02. The lowest BCUT2D eigenvalue weighted by Gasteiger charge is -2.05. The highest BCUT2D eigenvalue weighted by molar-refractivity contribution is 7.11. The molecule has 108 valence electrons. The Morgan fingerprint density at radius 2 is 2.05 bits per heavy atom. The van der Waals surface area contributed by atoms with Crippen LogP contribution in [0.15, 0.2) is 36.5 Å². The molecule has 0 spiro atoms. The Hall–Kier alpha value is -1.23. The molecule has 2 aromatic rings. The topological polar surface area (TPSA) is 34.1 Å². The van der Waals surface area contributed by atoms with Gasteiger partial charge in [-0.1, -0.05) is 19.9 Å². The quantitative estimate of drug-likeness (QED) is 0.757. The minimum atomic E-state index is 0.523. The van der Waals surface area contributed by atoms with Gasteiger partial charge in [0.1, 0.15) is 0 Å². The van der Waals surface area contributed by atoms with Crippen LogP contribution in [0.1, 0.15) is 29.3 Å². The highest BCUT2D eigenvalue weighted by atomic mass is 32.1. The molecule has 20 heavy (non-hydrogen) atoms. The Balaban J connectivity index is 1.67. The van der Waals surface area contributed by atoms with E-state index in [4.69, 9.17) is 4.74 Å². The zero-order valence-corrected chi connectivity index (χ0v) is 13.0. The summed E-state index contributed by atoms with van der Waals surface area (Å²) in [4.78, 5) is 6.93. The van der Waals surface area contributed by atoms with Crippen molar-refractivity contribution in [3.63, 3.8) is 0 Å². The minimum Gasteiger partial charge on any atom is -0.376 e. The normalized spacial score (nSPS) is 11.2. The number of aromatic nitrogens is 1. The fourth-order valence-corrected chi connectivity index (χ4v) is 2.70. The minimum absolute atomic E-state index is 0.523. The first-order chi connectivity index (χ1) is 9.74. The van der Waals surface area contributed by atoms with Gasteiger partial charge in [-0.2, -0.15) is 0 Å². The van der Waals surface area contributed by atoms with Gasteiger partial charge in [0.15, 0.2) is 0 Å². The molecule has 0 atom stereocenters. The summed E-state index contributed by atoms with van der Waals surface area (Å²) in [7, 11) is 0. The Bertz CT molecular complexity index is 496. The van der Waals surface area contributed by atoms with Gasteiger partial charge in [0, 0.05) is 40.7 Å². The number of hydrogen-bond donors (Lipinski definition) is 1. The first-order valence-corrected chi connectivity index (χ1v) is 7.84. The summed E-state index contributed by atoms with van der Waals surface area (Å²) < 4.78 is 5.71. The third-order valence-corrected chi connectivity index (χ3v) is 3.93. The maximum absolute atomic E-state index is 5.71. The van der Waals surface area contributed by atoms with Crippen LogP contribution in [0.4, 0.5) is 0 Å². The van der Waals surface area contributed by atoms with Crippen LogP contribution in [-0.4, -0.2) is 17.6 Å². The SMILES string of the molecule is CC(C)NCc1ccc(COCCc2ccccn2)s1. The first kappa shape index (κ1) is 15.2. The molecule has 0 saturated carbocycles. The monoisotopic (exact) mass is 290 g/mol. The summed E-state index contributed by atoms with van der Waals surface area (Å²) in [5.41, 5.74) is 1.08. The van der Waals surface area contributed by atoms with Crippen LogP contribution in [0.25, 0.3) is 0 Å². The summed E-state index contributed by atoms with van der Waals surface area (Å²) in [5.74, 6) is 0. The molecule has 2 rings (SSSR count). The van der Waals surface area contributed by atoms with Gasteiger partial charge in [-0.25, -0.2) is 0 Å². The van der Waals surface area contributed by atoms with Crippen LogP contribution in [0.3, 0.4) is 0 Å². The predicted molar refractivity (Wildman–Crippen MR) is 83.9 cm³/mol.